The van der Waals surface area contributed by atoms with E-state index < -0.39 is 0 Å². The summed E-state index contributed by atoms with van der Waals surface area (Å²) < 4.78 is 0. The van der Waals surface area contributed by atoms with E-state index in [2.05, 4.69) is 49.8 Å². The van der Waals surface area contributed by atoms with E-state index in [0.717, 1.165) is 26.2 Å². The van der Waals surface area contributed by atoms with Crippen LogP contribution in [0.1, 0.15) is 13.8 Å². The van der Waals surface area contributed by atoms with Crippen LogP contribution >= 0.6 is 0 Å². The molecular formula is C10H21N3+. The highest BCUT2D eigenvalue weighted by Gasteiger charge is 2.14. The number of nitrogens with one attached hydrogen (secondary N) is 1. The number of hydrogen-bond donors (Lipinski definition) is 1. The fourth-order valence-corrected chi connectivity index (χ4v) is 1.50. The first-order valence-corrected chi connectivity index (χ1v) is 5.11. The normalized spacial score (nSPS) is 21.8. The first kappa shape index (κ1) is 10.5. The van der Waals surface area contributed by atoms with Gasteiger partial charge in [-0.05, 0) is 13.1 Å². The van der Waals surface area contributed by atoms with Crippen molar-refractivity contribution in [3.63, 3.8) is 0 Å². The SMILES string of the molecule is CCN(CC)CCN1[CH][NH+](C)C=C1. The van der Waals surface area contributed by atoms with Crippen molar-refractivity contribution in [1.29, 1.82) is 0 Å². The highest BCUT2D eigenvalue weighted by molar-refractivity contribution is 4.83. The van der Waals surface area contributed by atoms with E-state index in [4.69, 9.17) is 0 Å². The summed E-state index contributed by atoms with van der Waals surface area (Å²) in [4.78, 5) is 6.04. The molecule has 0 spiro atoms. The highest BCUT2D eigenvalue weighted by Crippen LogP contribution is 1.95. The fourth-order valence-electron chi connectivity index (χ4n) is 1.50. The second kappa shape index (κ2) is 5.25. The van der Waals surface area contributed by atoms with E-state index in [1.54, 1.807) is 0 Å². The van der Waals surface area contributed by atoms with Crippen molar-refractivity contribution in [2.75, 3.05) is 33.2 Å². The van der Waals surface area contributed by atoms with Gasteiger partial charge in [0.2, 0.25) is 6.67 Å². The molecular weight excluding hydrogens is 162 g/mol. The Morgan fingerprint density at radius 3 is 2.46 bits per heavy atom. The maximum absolute atomic E-state index is 2.44. The maximum Gasteiger partial charge on any atom is 0.241 e. The van der Waals surface area contributed by atoms with Gasteiger partial charge in [-0.1, -0.05) is 13.8 Å². The molecule has 1 unspecified atom stereocenters. The summed E-state index contributed by atoms with van der Waals surface area (Å²) in [5.41, 5.74) is 0. The molecule has 1 rings (SSSR count). The summed E-state index contributed by atoms with van der Waals surface area (Å²) in [6.07, 6.45) is 4.31. The predicted octanol–water partition coefficient (Wildman–Crippen LogP) is -0.251. The molecule has 3 nitrogen and oxygen atoms in total. The van der Waals surface area contributed by atoms with Crippen LogP contribution in [0.5, 0.6) is 0 Å². The highest BCUT2D eigenvalue weighted by atomic mass is 15.3. The van der Waals surface area contributed by atoms with Crippen LogP contribution in [-0.2, 0) is 0 Å². The van der Waals surface area contributed by atoms with Crippen molar-refractivity contribution >= 4 is 0 Å². The minimum Gasteiger partial charge on any atom is -0.316 e. The minimum atomic E-state index is 1.11. The molecule has 0 bridgehead atoms. The summed E-state index contributed by atoms with van der Waals surface area (Å²) in [5, 5.41) is 0. The lowest BCUT2D eigenvalue weighted by molar-refractivity contribution is -0.792. The van der Waals surface area contributed by atoms with E-state index >= 15 is 0 Å². The molecule has 3 heteroatoms. The van der Waals surface area contributed by atoms with Crippen LogP contribution < -0.4 is 4.90 Å². The van der Waals surface area contributed by atoms with Gasteiger partial charge in [0, 0.05) is 13.1 Å². The third kappa shape index (κ3) is 3.36. The van der Waals surface area contributed by atoms with Crippen LogP contribution in [0.15, 0.2) is 12.4 Å². The van der Waals surface area contributed by atoms with Crippen LogP contribution in [0.4, 0.5) is 0 Å². The van der Waals surface area contributed by atoms with Gasteiger partial charge in [0.1, 0.15) is 6.20 Å². The number of nitrogens with zero attached hydrogens (tertiary/aromatic N) is 2. The Morgan fingerprint density at radius 1 is 1.31 bits per heavy atom. The largest absolute Gasteiger partial charge is 0.316 e. The van der Waals surface area contributed by atoms with Gasteiger partial charge in [0.25, 0.3) is 0 Å². The van der Waals surface area contributed by atoms with Gasteiger partial charge in [0.15, 0.2) is 0 Å². The van der Waals surface area contributed by atoms with E-state index in [1.807, 2.05) is 0 Å². The Balaban J connectivity index is 2.15. The minimum absolute atomic E-state index is 1.11. The molecule has 1 radical (unpaired) electrons. The molecule has 1 aliphatic heterocycles. The van der Waals surface area contributed by atoms with Crippen molar-refractivity contribution in [2.45, 2.75) is 13.8 Å². The number of likely N-dealkylation sites (N-methyl/N-ethyl adjacent to an activating group) is 1. The lowest BCUT2D eigenvalue weighted by atomic mass is 10.4. The standard InChI is InChI=1S/C10H21N3/c1-4-12(5-2)8-9-13-7-6-11(3)10-13/h6-7,10-11H,4-5,8-9H2,1-3H3/q+1. The molecule has 75 valence electrons. The smallest absolute Gasteiger partial charge is 0.241 e. The van der Waals surface area contributed by atoms with E-state index in [1.165, 1.54) is 4.90 Å². The van der Waals surface area contributed by atoms with Crippen LogP contribution in [-0.4, -0.2) is 43.0 Å². The van der Waals surface area contributed by atoms with Crippen LogP contribution in [0, 0.1) is 6.67 Å². The van der Waals surface area contributed by atoms with Gasteiger partial charge < -0.3 is 9.80 Å². The van der Waals surface area contributed by atoms with Crippen molar-refractivity contribution in [3.05, 3.63) is 19.1 Å². The molecule has 1 N–H and O–H groups in total. The van der Waals surface area contributed by atoms with Gasteiger partial charge in [-0.25, -0.2) is 0 Å². The van der Waals surface area contributed by atoms with Crippen LogP contribution in [0.2, 0.25) is 0 Å². The molecule has 1 heterocycles. The summed E-state index contributed by atoms with van der Waals surface area (Å²) in [5.74, 6) is 0. The van der Waals surface area contributed by atoms with E-state index in [-0.39, 0.29) is 0 Å². The van der Waals surface area contributed by atoms with Crippen molar-refractivity contribution in [2.24, 2.45) is 0 Å². The van der Waals surface area contributed by atoms with Gasteiger partial charge in [-0.2, -0.15) is 0 Å². The quantitative estimate of drug-likeness (QED) is 0.630. The summed E-state index contributed by atoms with van der Waals surface area (Å²) in [7, 11) is 2.13. The molecule has 13 heavy (non-hydrogen) atoms. The lowest BCUT2D eigenvalue weighted by Gasteiger charge is -2.21. The summed E-state index contributed by atoms with van der Waals surface area (Å²) in [6.45, 7) is 11.2. The van der Waals surface area contributed by atoms with E-state index in [9.17, 15) is 0 Å². The van der Waals surface area contributed by atoms with Gasteiger partial charge in [0.05, 0.1) is 13.2 Å². The second-order valence-electron chi connectivity index (χ2n) is 3.45. The lowest BCUT2D eigenvalue weighted by Crippen LogP contribution is -3.00. The second-order valence-corrected chi connectivity index (χ2v) is 3.45. The van der Waals surface area contributed by atoms with E-state index in [0.29, 0.717) is 0 Å². The average Bonchev–Trinajstić information content (AvgIpc) is 2.53. The van der Waals surface area contributed by atoms with Crippen LogP contribution in [0.25, 0.3) is 0 Å². The average molecular weight is 183 g/mol. The van der Waals surface area contributed by atoms with Gasteiger partial charge >= 0.3 is 0 Å². The molecule has 0 saturated carbocycles. The molecule has 1 atom stereocenters. The van der Waals surface area contributed by atoms with Crippen molar-refractivity contribution in [1.82, 2.24) is 9.80 Å². The third-order valence-electron chi connectivity index (χ3n) is 2.47. The molecule has 0 aromatic rings. The Bertz CT molecular complexity index is 164. The number of hydrogen-bond acceptors (Lipinski definition) is 2. The Labute approximate surface area is 81.6 Å². The number of quaternary nitrogens is 1. The molecule has 0 saturated heterocycles. The Kier molecular flexibility index (Phi) is 4.25. The fraction of sp³-hybridized carbons (Fsp3) is 0.700. The predicted molar refractivity (Wildman–Crippen MR) is 54.8 cm³/mol. The van der Waals surface area contributed by atoms with Crippen molar-refractivity contribution < 1.29 is 4.90 Å². The zero-order valence-corrected chi connectivity index (χ0v) is 8.95. The number of rotatable bonds is 5. The van der Waals surface area contributed by atoms with Crippen molar-refractivity contribution in [3.8, 4) is 0 Å². The third-order valence-corrected chi connectivity index (χ3v) is 2.47. The van der Waals surface area contributed by atoms with Gasteiger partial charge in [-0.15, -0.1) is 0 Å². The Hall–Kier alpha value is -0.540. The molecule has 0 aromatic heterocycles. The molecule has 0 aliphatic carbocycles. The molecule has 1 aliphatic rings. The first-order chi connectivity index (χ1) is 6.26. The summed E-state index contributed by atoms with van der Waals surface area (Å²) >= 11 is 0. The maximum atomic E-state index is 2.44. The zero-order chi connectivity index (χ0) is 9.68. The Morgan fingerprint density at radius 2 is 2.00 bits per heavy atom. The molecule has 0 amide bonds. The molecule has 0 aromatic carbocycles. The van der Waals surface area contributed by atoms with Gasteiger partial charge in [-0.3, -0.25) is 4.90 Å². The molecule has 0 fully saturated rings. The topological polar surface area (TPSA) is 10.9 Å². The summed E-state index contributed by atoms with van der Waals surface area (Å²) in [6, 6.07) is 0. The monoisotopic (exact) mass is 183 g/mol. The zero-order valence-electron chi connectivity index (χ0n) is 8.95. The van der Waals surface area contributed by atoms with Crippen LogP contribution in [0.3, 0.4) is 0 Å². The first-order valence-electron chi connectivity index (χ1n) is 5.11.